The van der Waals surface area contributed by atoms with Crippen LogP contribution in [0.15, 0.2) is 0 Å². The number of hydrogen-bond acceptors (Lipinski definition) is 3. The first-order chi connectivity index (χ1) is 7.69. The lowest BCUT2D eigenvalue weighted by Gasteiger charge is -2.34. The van der Waals surface area contributed by atoms with Gasteiger partial charge in [0.25, 0.3) is 0 Å². The molecule has 96 valence electrons. The summed E-state index contributed by atoms with van der Waals surface area (Å²) in [5.74, 6) is 0.702. The summed E-state index contributed by atoms with van der Waals surface area (Å²) < 4.78 is 0. The molecule has 1 rings (SSSR count). The Balaban J connectivity index is 2.44. The van der Waals surface area contributed by atoms with Crippen LogP contribution in [0.2, 0.25) is 0 Å². The fourth-order valence-corrected chi connectivity index (χ4v) is 2.49. The molecule has 0 aromatic carbocycles. The summed E-state index contributed by atoms with van der Waals surface area (Å²) in [6.45, 7) is 10.2. The zero-order chi connectivity index (χ0) is 12.0. The molecule has 0 aliphatic carbocycles. The maximum atomic E-state index is 9.15. The summed E-state index contributed by atoms with van der Waals surface area (Å²) in [7, 11) is 0. The van der Waals surface area contributed by atoms with Gasteiger partial charge in [0, 0.05) is 25.2 Å². The molecule has 1 aliphatic heterocycles. The van der Waals surface area contributed by atoms with Crippen molar-refractivity contribution in [3.05, 3.63) is 0 Å². The highest BCUT2D eigenvalue weighted by atomic mass is 16.3. The van der Waals surface area contributed by atoms with E-state index < -0.39 is 0 Å². The zero-order valence-corrected chi connectivity index (χ0v) is 11.1. The van der Waals surface area contributed by atoms with Crippen LogP contribution in [-0.4, -0.2) is 48.3 Å². The molecule has 3 unspecified atom stereocenters. The molecule has 1 fully saturated rings. The molecule has 3 nitrogen and oxygen atoms in total. The minimum atomic E-state index is 0.271. The number of hydrogen-bond donors (Lipinski definition) is 2. The Morgan fingerprint density at radius 3 is 2.69 bits per heavy atom. The molecule has 0 spiro atoms. The summed E-state index contributed by atoms with van der Waals surface area (Å²) in [5.41, 5.74) is 0. The van der Waals surface area contributed by atoms with Gasteiger partial charge in [-0.05, 0) is 32.2 Å². The second kappa shape index (κ2) is 7.25. The third-order valence-electron chi connectivity index (χ3n) is 4.05. The fraction of sp³-hybridized carbons (Fsp3) is 1.00. The van der Waals surface area contributed by atoms with Crippen LogP contribution in [0.3, 0.4) is 0 Å². The number of aliphatic hydroxyl groups excluding tert-OH is 1. The Morgan fingerprint density at radius 1 is 1.44 bits per heavy atom. The lowest BCUT2D eigenvalue weighted by atomic mass is 9.98. The van der Waals surface area contributed by atoms with Gasteiger partial charge in [0.05, 0.1) is 6.61 Å². The van der Waals surface area contributed by atoms with Gasteiger partial charge in [-0.25, -0.2) is 0 Å². The van der Waals surface area contributed by atoms with E-state index in [0.717, 1.165) is 19.6 Å². The Labute approximate surface area is 100 Å². The van der Waals surface area contributed by atoms with Crippen LogP contribution in [0.25, 0.3) is 0 Å². The average molecular weight is 228 g/mol. The lowest BCUT2D eigenvalue weighted by Crippen LogP contribution is -2.45. The van der Waals surface area contributed by atoms with Crippen molar-refractivity contribution in [3.63, 3.8) is 0 Å². The molecule has 0 aromatic rings. The predicted molar refractivity (Wildman–Crippen MR) is 68.6 cm³/mol. The molecule has 0 saturated carbocycles. The van der Waals surface area contributed by atoms with E-state index in [0.29, 0.717) is 18.0 Å². The monoisotopic (exact) mass is 228 g/mol. The third kappa shape index (κ3) is 4.04. The van der Waals surface area contributed by atoms with E-state index >= 15 is 0 Å². The lowest BCUT2D eigenvalue weighted by molar-refractivity contribution is 0.116. The molecule has 2 N–H and O–H groups in total. The van der Waals surface area contributed by atoms with Crippen molar-refractivity contribution in [3.8, 4) is 0 Å². The quantitative estimate of drug-likeness (QED) is 0.692. The average Bonchev–Trinajstić information content (AvgIpc) is 2.79. The van der Waals surface area contributed by atoms with Gasteiger partial charge in [-0.15, -0.1) is 0 Å². The molecule has 3 atom stereocenters. The standard InChI is InChI=1S/C13H28N2O/c1-4-11(2)12(3)15(8-9-16)10-13-6-5-7-14-13/h11-14,16H,4-10H2,1-3H3. The summed E-state index contributed by atoms with van der Waals surface area (Å²) >= 11 is 0. The maximum absolute atomic E-state index is 9.15. The third-order valence-corrected chi connectivity index (χ3v) is 4.05. The first-order valence-corrected chi connectivity index (χ1v) is 6.77. The Morgan fingerprint density at radius 2 is 2.19 bits per heavy atom. The molecule has 1 aliphatic rings. The molecule has 1 heterocycles. The number of nitrogens with zero attached hydrogens (tertiary/aromatic N) is 1. The Kier molecular flexibility index (Phi) is 6.32. The van der Waals surface area contributed by atoms with E-state index in [1.165, 1.54) is 19.3 Å². The highest BCUT2D eigenvalue weighted by Crippen LogP contribution is 2.16. The zero-order valence-electron chi connectivity index (χ0n) is 11.1. The van der Waals surface area contributed by atoms with Crippen molar-refractivity contribution >= 4 is 0 Å². The van der Waals surface area contributed by atoms with Crippen LogP contribution in [-0.2, 0) is 0 Å². The molecule has 3 heteroatoms. The van der Waals surface area contributed by atoms with Gasteiger partial charge in [0.2, 0.25) is 0 Å². The summed E-state index contributed by atoms with van der Waals surface area (Å²) in [6.07, 6.45) is 3.80. The van der Waals surface area contributed by atoms with Crippen molar-refractivity contribution in [2.75, 3.05) is 26.2 Å². The molecule has 0 aromatic heterocycles. The van der Waals surface area contributed by atoms with Crippen molar-refractivity contribution < 1.29 is 5.11 Å². The van der Waals surface area contributed by atoms with Crippen LogP contribution in [0, 0.1) is 5.92 Å². The Hall–Kier alpha value is -0.120. The van der Waals surface area contributed by atoms with Crippen LogP contribution in [0.5, 0.6) is 0 Å². The summed E-state index contributed by atoms with van der Waals surface area (Å²) in [5, 5.41) is 12.7. The van der Waals surface area contributed by atoms with Gasteiger partial charge in [-0.3, -0.25) is 4.90 Å². The van der Waals surface area contributed by atoms with Crippen LogP contribution >= 0.6 is 0 Å². The SMILES string of the molecule is CCC(C)C(C)N(CCO)CC1CCCN1. The fourth-order valence-electron chi connectivity index (χ4n) is 2.49. The van der Waals surface area contributed by atoms with Gasteiger partial charge in [-0.2, -0.15) is 0 Å². The summed E-state index contributed by atoms with van der Waals surface area (Å²) in [6, 6.07) is 1.21. The van der Waals surface area contributed by atoms with E-state index in [-0.39, 0.29) is 6.61 Å². The topological polar surface area (TPSA) is 35.5 Å². The Bertz CT molecular complexity index is 181. The van der Waals surface area contributed by atoms with Crippen LogP contribution in [0.4, 0.5) is 0 Å². The number of rotatable bonds is 7. The van der Waals surface area contributed by atoms with Gasteiger partial charge in [-0.1, -0.05) is 20.3 Å². The van der Waals surface area contributed by atoms with E-state index in [1.54, 1.807) is 0 Å². The van der Waals surface area contributed by atoms with E-state index in [9.17, 15) is 0 Å². The minimum Gasteiger partial charge on any atom is -0.395 e. The first-order valence-electron chi connectivity index (χ1n) is 6.77. The van der Waals surface area contributed by atoms with Gasteiger partial charge in [0.15, 0.2) is 0 Å². The van der Waals surface area contributed by atoms with Crippen molar-refractivity contribution in [1.82, 2.24) is 10.2 Å². The van der Waals surface area contributed by atoms with Crippen LogP contribution in [0.1, 0.15) is 40.0 Å². The van der Waals surface area contributed by atoms with Gasteiger partial charge >= 0.3 is 0 Å². The van der Waals surface area contributed by atoms with Crippen molar-refractivity contribution in [2.45, 2.75) is 52.1 Å². The molecular formula is C13H28N2O. The van der Waals surface area contributed by atoms with E-state index in [1.807, 2.05) is 0 Å². The van der Waals surface area contributed by atoms with Crippen molar-refractivity contribution in [1.29, 1.82) is 0 Å². The molecule has 16 heavy (non-hydrogen) atoms. The molecule has 0 bridgehead atoms. The molecule has 1 saturated heterocycles. The van der Waals surface area contributed by atoms with E-state index in [2.05, 4.69) is 31.0 Å². The van der Waals surface area contributed by atoms with Crippen molar-refractivity contribution in [2.24, 2.45) is 5.92 Å². The normalized spacial score (nSPS) is 24.9. The molecule has 0 amide bonds. The molecular weight excluding hydrogens is 200 g/mol. The second-order valence-corrected chi connectivity index (χ2v) is 5.14. The van der Waals surface area contributed by atoms with E-state index in [4.69, 9.17) is 5.11 Å². The summed E-state index contributed by atoms with van der Waals surface area (Å²) in [4.78, 5) is 2.44. The van der Waals surface area contributed by atoms with Crippen LogP contribution < -0.4 is 5.32 Å². The highest BCUT2D eigenvalue weighted by molar-refractivity contribution is 4.81. The second-order valence-electron chi connectivity index (χ2n) is 5.14. The highest BCUT2D eigenvalue weighted by Gasteiger charge is 2.23. The minimum absolute atomic E-state index is 0.271. The molecule has 0 radical (unpaired) electrons. The predicted octanol–water partition coefficient (Wildman–Crippen LogP) is 1.47. The maximum Gasteiger partial charge on any atom is 0.0558 e. The largest absolute Gasteiger partial charge is 0.395 e. The van der Waals surface area contributed by atoms with Gasteiger partial charge in [0.1, 0.15) is 0 Å². The van der Waals surface area contributed by atoms with Gasteiger partial charge < -0.3 is 10.4 Å². The first kappa shape index (κ1) is 13.9. The number of aliphatic hydroxyl groups is 1. The smallest absolute Gasteiger partial charge is 0.0558 e. The number of nitrogens with one attached hydrogen (secondary N) is 1.